The van der Waals surface area contributed by atoms with Crippen LogP contribution in [-0.2, 0) is 5.41 Å². The molecule has 0 saturated carbocycles. The van der Waals surface area contributed by atoms with Gasteiger partial charge in [0.05, 0.1) is 0 Å². The molecule has 0 atom stereocenters. The lowest BCUT2D eigenvalue weighted by molar-refractivity contribution is 0.465. The van der Waals surface area contributed by atoms with Gasteiger partial charge in [0.15, 0.2) is 0 Å². The largest absolute Gasteiger partial charge is 0.459 e. The van der Waals surface area contributed by atoms with Crippen LogP contribution in [0.5, 0.6) is 0 Å². The molecule has 1 N–H and O–H groups in total. The molecule has 4 aromatic carbocycles. The monoisotopic (exact) mass is 401 g/mol. The van der Waals surface area contributed by atoms with Crippen molar-refractivity contribution < 1.29 is 4.42 Å². The molecule has 0 unspecified atom stereocenters. The Labute approximate surface area is 182 Å². The Bertz CT molecular complexity index is 1410. The molecular formula is C29H23NO. The summed E-state index contributed by atoms with van der Waals surface area (Å²) in [4.78, 5) is 0. The fourth-order valence-electron chi connectivity index (χ4n) is 4.78. The van der Waals surface area contributed by atoms with Crippen molar-refractivity contribution in [2.75, 3.05) is 5.32 Å². The van der Waals surface area contributed by atoms with E-state index in [-0.39, 0.29) is 5.41 Å². The fourth-order valence-corrected chi connectivity index (χ4v) is 4.78. The Morgan fingerprint density at radius 1 is 0.677 bits per heavy atom. The lowest BCUT2D eigenvalue weighted by Gasteiger charge is -2.20. The lowest BCUT2D eigenvalue weighted by atomic mass is 9.86. The summed E-state index contributed by atoms with van der Waals surface area (Å²) in [5.74, 6) is 1.06. The Balaban J connectivity index is 1.35. The molecule has 150 valence electrons. The minimum absolute atomic E-state index is 0.168. The Kier molecular flexibility index (Phi) is 3.85. The maximum Gasteiger partial charge on any atom is 0.134 e. The van der Waals surface area contributed by atoms with Gasteiger partial charge >= 0.3 is 0 Å². The van der Waals surface area contributed by atoms with Gasteiger partial charge in [0.25, 0.3) is 0 Å². The fraction of sp³-hybridized carbons (Fsp3) is 0.103. The molecule has 1 aromatic heterocycles. The first-order chi connectivity index (χ1) is 15.1. The average Bonchev–Trinajstić information content (AvgIpc) is 3.29. The molecular weight excluding hydrogens is 378 g/mol. The van der Waals surface area contributed by atoms with Crippen molar-refractivity contribution in [3.63, 3.8) is 0 Å². The van der Waals surface area contributed by atoms with Crippen LogP contribution in [-0.4, -0.2) is 0 Å². The summed E-state index contributed by atoms with van der Waals surface area (Å²) >= 11 is 0. The predicted molar refractivity (Wildman–Crippen MR) is 129 cm³/mol. The number of rotatable bonds is 3. The Morgan fingerprint density at radius 3 is 2.16 bits per heavy atom. The van der Waals surface area contributed by atoms with E-state index in [1.165, 1.54) is 33.2 Å². The summed E-state index contributed by atoms with van der Waals surface area (Å²) in [6.45, 7) is 4.50. The van der Waals surface area contributed by atoms with E-state index >= 15 is 0 Å². The summed E-state index contributed by atoms with van der Waals surface area (Å²) < 4.78 is 6.30. The highest BCUT2D eigenvalue weighted by Gasteiger charge is 2.40. The van der Waals surface area contributed by atoms with Gasteiger partial charge in [-0.3, -0.25) is 0 Å². The number of nitrogens with one attached hydrogen (secondary N) is 1. The highest BCUT2D eigenvalue weighted by atomic mass is 16.3. The molecule has 31 heavy (non-hydrogen) atoms. The zero-order valence-electron chi connectivity index (χ0n) is 17.6. The normalized spacial score (nSPS) is 13.7. The number of anilines is 2. The molecule has 0 aliphatic heterocycles. The molecule has 1 aliphatic carbocycles. The molecule has 5 aromatic rings. The van der Waals surface area contributed by atoms with Crippen LogP contribution in [0, 0.1) is 0 Å². The number of benzene rings is 4. The number of furan rings is 1. The summed E-state index contributed by atoms with van der Waals surface area (Å²) in [5.41, 5.74) is 9.24. The van der Waals surface area contributed by atoms with Gasteiger partial charge in [-0.1, -0.05) is 66.7 Å². The molecule has 0 fully saturated rings. The molecule has 0 saturated heterocycles. The maximum absolute atomic E-state index is 6.30. The molecule has 1 aliphatic rings. The predicted octanol–water partition coefficient (Wildman–Crippen LogP) is 8.15. The zero-order valence-corrected chi connectivity index (χ0v) is 17.6. The van der Waals surface area contributed by atoms with Crippen LogP contribution in [0.1, 0.15) is 25.2 Å². The average molecular weight is 402 g/mol. The van der Waals surface area contributed by atoms with E-state index in [9.17, 15) is 0 Å². The Morgan fingerprint density at radius 2 is 1.35 bits per heavy atom. The van der Waals surface area contributed by atoms with Gasteiger partial charge in [-0.15, -0.1) is 0 Å². The van der Waals surface area contributed by atoms with Crippen molar-refractivity contribution in [2.45, 2.75) is 19.3 Å². The van der Waals surface area contributed by atoms with Gasteiger partial charge in [0.1, 0.15) is 11.3 Å². The van der Waals surface area contributed by atoms with Crippen molar-refractivity contribution in [3.05, 3.63) is 108 Å². The van der Waals surface area contributed by atoms with Gasteiger partial charge in [-0.25, -0.2) is 0 Å². The SMILES string of the molecule is CC1(C)c2cc(Nc3ccc(-c4ccccc4)cc3)ccc2-c2c1oc1ccccc21. The summed E-state index contributed by atoms with van der Waals surface area (Å²) in [6.07, 6.45) is 0. The minimum atomic E-state index is -0.168. The van der Waals surface area contributed by atoms with Crippen molar-refractivity contribution in [2.24, 2.45) is 0 Å². The molecule has 2 heteroatoms. The molecule has 0 amide bonds. The number of para-hydroxylation sites is 1. The van der Waals surface area contributed by atoms with Gasteiger partial charge in [-0.2, -0.15) is 0 Å². The van der Waals surface area contributed by atoms with Crippen LogP contribution >= 0.6 is 0 Å². The van der Waals surface area contributed by atoms with Gasteiger partial charge in [0.2, 0.25) is 0 Å². The number of hydrogen-bond acceptors (Lipinski definition) is 2. The molecule has 2 nitrogen and oxygen atoms in total. The third-order valence-electron chi connectivity index (χ3n) is 6.41. The molecule has 0 bridgehead atoms. The van der Waals surface area contributed by atoms with E-state index in [1.807, 2.05) is 12.1 Å². The third kappa shape index (κ3) is 2.79. The second kappa shape index (κ2) is 6.61. The zero-order chi connectivity index (χ0) is 21.0. The van der Waals surface area contributed by atoms with Gasteiger partial charge in [-0.05, 0) is 66.4 Å². The van der Waals surface area contributed by atoms with Crippen molar-refractivity contribution >= 4 is 22.3 Å². The van der Waals surface area contributed by atoms with E-state index in [1.54, 1.807) is 0 Å². The highest BCUT2D eigenvalue weighted by molar-refractivity contribution is 6.00. The second-order valence-electron chi connectivity index (χ2n) is 8.76. The van der Waals surface area contributed by atoms with E-state index in [0.29, 0.717) is 0 Å². The minimum Gasteiger partial charge on any atom is -0.459 e. The van der Waals surface area contributed by atoms with E-state index in [0.717, 1.165) is 22.7 Å². The van der Waals surface area contributed by atoms with Crippen LogP contribution in [0.15, 0.2) is 101 Å². The van der Waals surface area contributed by atoms with Gasteiger partial charge < -0.3 is 9.73 Å². The first-order valence-electron chi connectivity index (χ1n) is 10.7. The number of fused-ring (bicyclic) bond motifs is 5. The van der Waals surface area contributed by atoms with Crippen molar-refractivity contribution in [1.29, 1.82) is 0 Å². The first-order valence-corrected chi connectivity index (χ1v) is 10.7. The second-order valence-corrected chi connectivity index (χ2v) is 8.76. The summed E-state index contributed by atoms with van der Waals surface area (Å²) in [5, 5.41) is 4.77. The van der Waals surface area contributed by atoms with Gasteiger partial charge in [0, 0.05) is 27.7 Å². The lowest BCUT2D eigenvalue weighted by Crippen LogP contribution is -2.14. The van der Waals surface area contributed by atoms with E-state index < -0.39 is 0 Å². The van der Waals surface area contributed by atoms with E-state index in [4.69, 9.17) is 4.42 Å². The Hall–Kier alpha value is -3.78. The van der Waals surface area contributed by atoms with Crippen molar-refractivity contribution in [1.82, 2.24) is 0 Å². The van der Waals surface area contributed by atoms with Crippen LogP contribution in [0.2, 0.25) is 0 Å². The third-order valence-corrected chi connectivity index (χ3v) is 6.41. The van der Waals surface area contributed by atoms with Crippen LogP contribution in [0.3, 0.4) is 0 Å². The van der Waals surface area contributed by atoms with Crippen LogP contribution in [0.25, 0.3) is 33.2 Å². The summed E-state index contributed by atoms with van der Waals surface area (Å²) in [7, 11) is 0. The first kappa shape index (κ1) is 18.0. The smallest absolute Gasteiger partial charge is 0.134 e. The molecule has 0 spiro atoms. The van der Waals surface area contributed by atoms with Crippen molar-refractivity contribution in [3.8, 4) is 22.3 Å². The van der Waals surface area contributed by atoms with E-state index in [2.05, 4.69) is 104 Å². The number of hydrogen-bond donors (Lipinski definition) is 1. The standard InChI is InChI=1S/C29H23NO/c1-29(2)25-18-22(30-21-14-12-20(13-15-21)19-8-4-3-5-9-19)16-17-23(25)27-24-10-6-7-11-26(24)31-28(27)29/h3-18,30H,1-2H3. The quantitative estimate of drug-likeness (QED) is 0.330. The molecule has 0 radical (unpaired) electrons. The molecule has 1 heterocycles. The highest BCUT2D eigenvalue weighted by Crippen LogP contribution is 2.53. The van der Waals surface area contributed by atoms with Crippen LogP contribution in [0.4, 0.5) is 11.4 Å². The van der Waals surface area contributed by atoms with Crippen LogP contribution < -0.4 is 5.32 Å². The molecule has 6 rings (SSSR count). The summed E-state index contributed by atoms with van der Waals surface area (Å²) in [6, 6.07) is 34.0. The maximum atomic E-state index is 6.30. The topological polar surface area (TPSA) is 25.2 Å².